The lowest BCUT2D eigenvalue weighted by atomic mass is 10.0. The summed E-state index contributed by atoms with van der Waals surface area (Å²) in [7, 11) is 1.56. The first-order valence-corrected chi connectivity index (χ1v) is 14.5. The lowest BCUT2D eigenvalue weighted by molar-refractivity contribution is 0.0394. The first-order chi connectivity index (χ1) is 20.0. The van der Waals surface area contributed by atoms with Crippen LogP contribution in [0.3, 0.4) is 0 Å². The quantitative estimate of drug-likeness (QED) is 0.291. The standard InChI is InChI=1S/C32H37FN4O5/c1-18-27-25(40-5)12-21(30(38)36-16-22(33)14-23(17-36)35-31(39)42-32(2,3)4)13-26(27)41-28(18)24-11-20-7-6-10-34-29(20)37(24)15-19-8-9-19/h6-7,10-13,19,22-23H,8-9,14-17H2,1-5H3,(H,35,39)/t22-,23-/m1/s1. The molecule has 0 bridgehead atoms. The first-order valence-electron chi connectivity index (χ1n) is 14.5. The Morgan fingerprint density at radius 3 is 2.69 bits per heavy atom. The van der Waals surface area contributed by atoms with Crippen molar-refractivity contribution in [3.05, 3.63) is 47.7 Å². The van der Waals surface area contributed by atoms with Gasteiger partial charge in [0.1, 0.15) is 28.8 Å². The normalized spacial score (nSPS) is 19.3. The van der Waals surface area contributed by atoms with Gasteiger partial charge in [0.25, 0.3) is 5.91 Å². The zero-order valence-electron chi connectivity index (χ0n) is 24.7. The molecule has 10 heteroatoms. The number of hydrogen-bond donors (Lipinski definition) is 1. The molecule has 2 atom stereocenters. The average Bonchev–Trinajstić information content (AvgIpc) is 3.59. The van der Waals surface area contributed by atoms with Crippen molar-refractivity contribution in [2.24, 2.45) is 5.92 Å². The van der Waals surface area contributed by atoms with E-state index in [1.807, 2.05) is 19.1 Å². The Hall–Kier alpha value is -4.08. The molecule has 1 aliphatic heterocycles. The molecule has 4 heterocycles. The first kappa shape index (κ1) is 28.1. The number of carbonyl (C=O) groups excluding carboxylic acids is 2. The van der Waals surface area contributed by atoms with E-state index in [9.17, 15) is 14.0 Å². The van der Waals surface area contributed by atoms with Crippen molar-refractivity contribution >= 4 is 34.0 Å². The molecular weight excluding hydrogens is 539 g/mol. The zero-order valence-corrected chi connectivity index (χ0v) is 24.7. The smallest absolute Gasteiger partial charge is 0.407 e. The van der Waals surface area contributed by atoms with Crippen LogP contribution >= 0.6 is 0 Å². The number of hydrogen-bond acceptors (Lipinski definition) is 6. The number of pyridine rings is 1. The number of likely N-dealkylation sites (tertiary alicyclic amines) is 1. The molecule has 2 aliphatic rings. The number of halogens is 1. The van der Waals surface area contributed by atoms with Crippen LogP contribution in [0.25, 0.3) is 33.5 Å². The number of nitrogens with one attached hydrogen (secondary N) is 1. The third-order valence-electron chi connectivity index (χ3n) is 7.89. The van der Waals surface area contributed by atoms with Gasteiger partial charge >= 0.3 is 6.09 Å². The Kier molecular flexibility index (Phi) is 7.11. The molecule has 2 amide bonds. The number of benzene rings is 1. The van der Waals surface area contributed by atoms with Crippen LogP contribution in [0, 0.1) is 12.8 Å². The van der Waals surface area contributed by atoms with E-state index >= 15 is 0 Å². The second-order valence-corrected chi connectivity index (χ2v) is 12.5. The van der Waals surface area contributed by atoms with Crippen LogP contribution in [0.2, 0.25) is 0 Å². The van der Waals surface area contributed by atoms with Crippen LogP contribution in [-0.2, 0) is 11.3 Å². The van der Waals surface area contributed by atoms with Gasteiger partial charge in [-0.15, -0.1) is 0 Å². The highest BCUT2D eigenvalue weighted by Gasteiger charge is 2.33. The molecule has 42 heavy (non-hydrogen) atoms. The van der Waals surface area contributed by atoms with Crippen molar-refractivity contribution in [3.63, 3.8) is 0 Å². The van der Waals surface area contributed by atoms with Crippen molar-refractivity contribution in [1.82, 2.24) is 19.8 Å². The van der Waals surface area contributed by atoms with E-state index in [0.29, 0.717) is 28.6 Å². The molecule has 0 unspecified atom stereocenters. The van der Waals surface area contributed by atoms with Crippen LogP contribution in [-0.4, -0.2) is 64.5 Å². The van der Waals surface area contributed by atoms with Crippen molar-refractivity contribution in [1.29, 1.82) is 0 Å². The lowest BCUT2D eigenvalue weighted by Gasteiger charge is -2.35. The summed E-state index contributed by atoms with van der Waals surface area (Å²) >= 11 is 0. The van der Waals surface area contributed by atoms with Crippen LogP contribution in [0.4, 0.5) is 9.18 Å². The fourth-order valence-electron chi connectivity index (χ4n) is 5.85. The number of aromatic nitrogens is 2. The van der Waals surface area contributed by atoms with Gasteiger partial charge in [0.15, 0.2) is 5.76 Å². The number of nitrogens with zero attached hydrogens (tertiary/aromatic N) is 3. The van der Waals surface area contributed by atoms with Gasteiger partial charge in [0, 0.05) is 42.2 Å². The average molecular weight is 577 g/mol. The Balaban J connectivity index is 1.32. The van der Waals surface area contributed by atoms with Gasteiger partial charge in [-0.2, -0.15) is 0 Å². The fourth-order valence-corrected chi connectivity index (χ4v) is 5.85. The summed E-state index contributed by atoms with van der Waals surface area (Å²) in [5.74, 6) is 1.47. The van der Waals surface area contributed by atoms with E-state index in [-0.39, 0.29) is 25.4 Å². The topological polar surface area (TPSA) is 98.8 Å². The Morgan fingerprint density at radius 2 is 1.98 bits per heavy atom. The van der Waals surface area contributed by atoms with E-state index in [4.69, 9.17) is 13.9 Å². The number of alkyl carbamates (subject to hydrolysis) is 1. The molecule has 0 spiro atoms. The van der Waals surface area contributed by atoms with E-state index in [0.717, 1.165) is 34.2 Å². The molecule has 9 nitrogen and oxygen atoms in total. The minimum absolute atomic E-state index is 0.0671. The minimum Gasteiger partial charge on any atom is -0.496 e. The molecule has 4 aromatic rings. The number of ether oxygens (including phenoxy) is 2. The van der Waals surface area contributed by atoms with Gasteiger partial charge in [-0.1, -0.05) is 0 Å². The minimum atomic E-state index is -1.28. The van der Waals surface area contributed by atoms with Gasteiger partial charge < -0.3 is 28.7 Å². The van der Waals surface area contributed by atoms with Crippen molar-refractivity contribution < 1.29 is 27.9 Å². The van der Waals surface area contributed by atoms with Gasteiger partial charge in [-0.05, 0) is 76.8 Å². The van der Waals surface area contributed by atoms with E-state index in [1.165, 1.54) is 17.7 Å². The lowest BCUT2D eigenvalue weighted by Crippen LogP contribution is -2.54. The van der Waals surface area contributed by atoms with Crippen LogP contribution in [0.1, 0.15) is 56.0 Å². The van der Waals surface area contributed by atoms with Crippen LogP contribution < -0.4 is 10.1 Å². The number of carbonyl (C=O) groups is 2. The van der Waals surface area contributed by atoms with Gasteiger partial charge in [-0.3, -0.25) is 4.79 Å². The highest BCUT2D eigenvalue weighted by Crippen LogP contribution is 2.42. The Morgan fingerprint density at radius 1 is 1.19 bits per heavy atom. The molecule has 1 aromatic carbocycles. The molecule has 222 valence electrons. The number of aryl methyl sites for hydroxylation is 1. The second-order valence-electron chi connectivity index (χ2n) is 12.5. The summed E-state index contributed by atoms with van der Waals surface area (Å²) in [6, 6.07) is 8.87. The summed E-state index contributed by atoms with van der Waals surface area (Å²) < 4.78 is 34.5. The van der Waals surface area contributed by atoms with Crippen molar-refractivity contribution in [3.8, 4) is 17.2 Å². The maximum absolute atomic E-state index is 14.8. The summed E-state index contributed by atoms with van der Waals surface area (Å²) in [6.07, 6.45) is 2.40. The summed E-state index contributed by atoms with van der Waals surface area (Å²) in [5, 5.41) is 4.53. The molecule has 1 saturated heterocycles. The highest BCUT2D eigenvalue weighted by atomic mass is 19.1. The maximum atomic E-state index is 14.8. The largest absolute Gasteiger partial charge is 0.496 e. The fraction of sp³-hybridized carbons (Fsp3) is 0.469. The molecule has 0 radical (unpaired) electrons. The SMILES string of the molecule is COc1cc(C(=O)N2C[C@H](F)C[C@@H](NC(=O)OC(C)(C)C)C2)cc2oc(-c3cc4cccnc4n3CC3CC3)c(C)c12. The van der Waals surface area contributed by atoms with E-state index < -0.39 is 23.9 Å². The third kappa shape index (κ3) is 5.54. The number of methoxy groups -OCH3 is 1. The summed E-state index contributed by atoms with van der Waals surface area (Å²) in [6.45, 7) is 8.23. The molecule has 1 N–H and O–H groups in total. The molecule has 1 aliphatic carbocycles. The Labute approximate surface area is 244 Å². The van der Waals surface area contributed by atoms with Gasteiger partial charge in [0.2, 0.25) is 0 Å². The van der Waals surface area contributed by atoms with Crippen LogP contribution in [0.5, 0.6) is 5.75 Å². The molecule has 3 aromatic heterocycles. The number of furan rings is 1. The monoisotopic (exact) mass is 576 g/mol. The van der Waals surface area contributed by atoms with Crippen molar-refractivity contribution in [2.45, 2.75) is 71.3 Å². The predicted molar refractivity (Wildman–Crippen MR) is 158 cm³/mol. The second kappa shape index (κ2) is 10.6. The number of rotatable bonds is 6. The third-order valence-corrected chi connectivity index (χ3v) is 7.89. The number of fused-ring (bicyclic) bond motifs is 2. The highest BCUT2D eigenvalue weighted by molar-refractivity contribution is 6.02. The molecule has 1 saturated carbocycles. The van der Waals surface area contributed by atoms with Crippen LogP contribution in [0.15, 0.2) is 40.9 Å². The van der Waals surface area contributed by atoms with Gasteiger partial charge in [-0.25, -0.2) is 14.2 Å². The maximum Gasteiger partial charge on any atom is 0.407 e. The van der Waals surface area contributed by atoms with E-state index in [1.54, 1.807) is 46.2 Å². The van der Waals surface area contributed by atoms with Crippen molar-refractivity contribution in [2.75, 3.05) is 20.2 Å². The Bertz CT molecular complexity index is 1660. The number of alkyl halides is 1. The summed E-state index contributed by atoms with van der Waals surface area (Å²) in [5.41, 5.74) is 2.92. The molecule has 2 fully saturated rings. The predicted octanol–water partition coefficient (Wildman–Crippen LogP) is 6.25. The molecular formula is C32H37FN4O5. The number of amides is 2. The van der Waals surface area contributed by atoms with E-state index in [2.05, 4.69) is 20.9 Å². The zero-order chi connectivity index (χ0) is 29.8. The molecule has 6 rings (SSSR count). The number of piperidine rings is 1. The van der Waals surface area contributed by atoms with Gasteiger partial charge in [0.05, 0.1) is 30.8 Å². The summed E-state index contributed by atoms with van der Waals surface area (Å²) in [4.78, 5) is 32.1.